The van der Waals surface area contributed by atoms with E-state index in [9.17, 15) is 15.0 Å². The summed E-state index contributed by atoms with van der Waals surface area (Å²) < 4.78 is 5.83. The Balaban J connectivity index is 1.48. The third kappa shape index (κ3) is 5.25. The minimum absolute atomic E-state index is 0.0337. The van der Waals surface area contributed by atoms with Crippen LogP contribution < -0.4 is 0 Å². The van der Waals surface area contributed by atoms with Gasteiger partial charge in [0.05, 0.1) is 12.2 Å². The van der Waals surface area contributed by atoms with E-state index in [1.165, 1.54) is 31.3 Å². The zero-order valence-corrected chi connectivity index (χ0v) is 22.3. The molecule has 4 rings (SSSR count). The van der Waals surface area contributed by atoms with Crippen LogP contribution in [0.2, 0.25) is 0 Å². The summed E-state index contributed by atoms with van der Waals surface area (Å²) in [7, 11) is 0. The average molecular weight is 483 g/mol. The molecule has 0 aromatic heterocycles. The van der Waals surface area contributed by atoms with Crippen LogP contribution in [-0.4, -0.2) is 34.5 Å². The van der Waals surface area contributed by atoms with Crippen molar-refractivity contribution in [2.75, 3.05) is 0 Å². The fourth-order valence-electron chi connectivity index (χ4n) is 7.90. The number of esters is 1. The Morgan fingerprint density at radius 3 is 2.57 bits per heavy atom. The van der Waals surface area contributed by atoms with Crippen molar-refractivity contribution in [2.45, 2.75) is 104 Å². The molecule has 4 fully saturated rings. The lowest BCUT2D eigenvalue weighted by Gasteiger charge is -2.45. The van der Waals surface area contributed by atoms with Crippen LogP contribution in [0.15, 0.2) is 47.6 Å². The highest BCUT2D eigenvalue weighted by Gasteiger charge is 2.51. The lowest BCUT2D eigenvalue weighted by atomic mass is 9.60. The molecule has 0 amide bonds. The lowest BCUT2D eigenvalue weighted by Crippen LogP contribution is -2.37. The molecule has 1 saturated heterocycles. The SMILES string of the molecule is C=C1C(=O)O[C@@H](C[C@@H](C)[C@H]2CC[C@H]3/C(=C/C=C4/C[C@@H](O)C[C@H](O)C4=C)CCC[C@]23C)[C@@H]1CC(C)C. The predicted octanol–water partition coefficient (Wildman–Crippen LogP) is 6.30. The van der Waals surface area contributed by atoms with Crippen molar-refractivity contribution in [3.8, 4) is 0 Å². The Hall–Kier alpha value is -1.65. The van der Waals surface area contributed by atoms with Gasteiger partial charge in [-0.15, -0.1) is 0 Å². The second-order valence-electron chi connectivity index (χ2n) is 12.6. The Kier molecular flexibility index (Phi) is 7.83. The van der Waals surface area contributed by atoms with Crippen molar-refractivity contribution < 1.29 is 19.7 Å². The molecule has 3 saturated carbocycles. The number of hydrogen-bond donors (Lipinski definition) is 2. The van der Waals surface area contributed by atoms with Crippen LogP contribution in [0, 0.1) is 35.0 Å². The molecule has 1 heterocycles. The molecular formula is C31H46O4. The fourth-order valence-corrected chi connectivity index (χ4v) is 7.90. The summed E-state index contributed by atoms with van der Waals surface area (Å²) in [6.07, 6.45) is 12.1. The quantitative estimate of drug-likeness (QED) is 0.344. The Bertz CT molecular complexity index is 911. The van der Waals surface area contributed by atoms with Gasteiger partial charge in [-0.25, -0.2) is 4.79 Å². The summed E-state index contributed by atoms with van der Waals surface area (Å²) in [5.41, 5.74) is 4.19. The minimum Gasteiger partial charge on any atom is -0.458 e. The first-order chi connectivity index (χ1) is 16.5. The standard InChI is InChI=1S/C31H46O4/c1-18(2)14-25-21(5)30(34)35-29(25)15-19(3)26-11-12-27-22(8-7-13-31(26,27)6)9-10-23-16-24(32)17-28(33)20(23)4/h9-10,18-19,24-29,32-33H,4-5,7-8,11-17H2,1-3,6H3/b22-9+,23-10-/t19-,24-,25-,26-,27+,28+,29+,31-/m1/s1. The Labute approximate surface area is 212 Å². The number of aliphatic hydroxyl groups excluding tert-OH is 2. The molecule has 4 heteroatoms. The zero-order valence-electron chi connectivity index (χ0n) is 22.3. The Morgan fingerprint density at radius 2 is 1.86 bits per heavy atom. The maximum absolute atomic E-state index is 12.3. The van der Waals surface area contributed by atoms with E-state index in [0.717, 1.165) is 30.4 Å². The molecule has 4 aliphatic rings. The number of fused-ring (bicyclic) bond motifs is 1. The van der Waals surface area contributed by atoms with Crippen molar-refractivity contribution in [3.63, 3.8) is 0 Å². The first kappa shape index (κ1) is 26.4. The monoisotopic (exact) mass is 482 g/mol. The molecule has 0 spiro atoms. The summed E-state index contributed by atoms with van der Waals surface area (Å²) in [4.78, 5) is 12.3. The number of allylic oxidation sites excluding steroid dienone is 3. The molecule has 35 heavy (non-hydrogen) atoms. The molecule has 0 bridgehead atoms. The maximum Gasteiger partial charge on any atom is 0.334 e. The minimum atomic E-state index is -0.642. The van der Waals surface area contributed by atoms with E-state index in [-0.39, 0.29) is 23.4 Å². The van der Waals surface area contributed by atoms with Crippen molar-refractivity contribution in [1.29, 1.82) is 0 Å². The molecule has 0 aromatic carbocycles. The van der Waals surface area contributed by atoms with E-state index < -0.39 is 12.2 Å². The normalized spacial score (nSPS) is 41.1. The third-order valence-electron chi connectivity index (χ3n) is 9.74. The van der Waals surface area contributed by atoms with Gasteiger partial charge < -0.3 is 14.9 Å². The van der Waals surface area contributed by atoms with Gasteiger partial charge in [0.15, 0.2) is 0 Å². The van der Waals surface area contributed by atoms with Gasteiger partial charge in [-0.3, -0.25) is 0 Å². The van der Waals surface area contributed by atoms with Crippen molar-refractivity contribution >= 4 is 5.97 Å². The van der Waals surface area contributed by atoms with E-state index >= 15 is 0 Å². The second-order valence-corrected chi connectivity index (χ2v) is 12.6. The van der Waals surface area contributed by atoms with Gasteiger partial charge in [0, 0.05) is 17.9 Å². The van der Waals surface area contributed by atoms with Gasteiger partial charge in [0.1, 0.15) is 6.10 Å². The first-order valence-corrected chi connectivity index (χ1v) is 13.9. The number of carbonyl (C=O) groups is 1. The first-order valence-electron chi connectivity index (χ1n) is 13.9. The topological polar surface area (TPSA) is 66.8 Å². The summed E-state index contributed by atoms with van der Waals surface area (Å²) in [6, 6.07) is 0. The van der Waals surface area contributed by atoms with Gasteiger partial charge >= 0.3 is 5.97 Å². The van der Waals surface area contributed by atoms with Gasteiger partial charge in [0.25, 0.3) is 0 Å². The molecular weight excluding hydrogens is 436 g/mol. The highest BCUT2D eigenvalue weighted by atomic mass is 16.6. The van der Waals surface area contributed by atoms with Crippen LogP contribution in [-0.2, 0) is 9.53 Å². The molecule has 8 atom stereocenters. The van der Waals surface area contributed by atoms with Crippen LogP contribution in [0.1, 0.15) is 85.5 Å². The fraction of sp³-hybridized carbons (Fsp3) is 0.710. The number of aliphatic hydroxyl groups is 2. The number of carbonyl (C=O) groups excluding carboxylic acids is 1. The summed E-state index contributed by atoms with van der Waals surface area (Å²) >= 11 is 0. The van der Waals surface area contributed by atoms with Crippen molar-refractivity contribution in [1.82, 2.24) is 0 Å². The van der Waals surface area contributed by atoms with Crippen molar-refractivity contribution in [2.24, 2.45) is 35.0 Å². The lowest BCUT2D eigenvalue weighted by molar-refractivity contribution is -0.140. The average Bonchev–Trinajstić information content (AvgIpc) is 3.26. The van der Waals surface area contributed by atoms with E-state index in [1.807, 2.05) is 0 Å². The molecule has 3 aliphatic carbocycles. The number of cyclic esters (lactones) is 1. The molecule has 1 aliphatic heterocycles. The largest absolute Gasteiger partial charge is 0.458 e. The zero-order chi connectivity index (χ0) is 25.5. The summed E-state index contributed by atoms with van der Waals surface area (Å²) in [5, 5.41) is 20.3. The number of hydrogen-bond acceptors (Lipinski definition) is 4. The molecule has 0 aromatic rings. The maximum atomic E-state index is 12.3. The van der Waals surface area contributed by atoms with Crippen LogP contribution >= 0.6 is 0 Å². The molecule has 4 nitrogen and oxygen atoms in total. The number of rotatable bonds is 6. The van der Waals surface area contributed by atoms with E-state index in [1.54, 1.807) is 0 Å². The molecule has 194 valence electrons. The van der Waals surface area contributed by atoms with E-state index in [0.29, 0.717) is 42.1 Å². The molecule has 0 unspecified atom stereocenters. The number of ether oxygens (including phenoxy) is 1. The van der Waals surface area contributed by atoms with Crippen LogP contribution in [0.5, 0.6) is 0 Å². The van der Waals surface area contributed by atoms with Crippen LogP contribution in [0.25, 0.3) is 0 Å². The van der Waals surface area contributed by atoms with Crippen LogP contribution in [0.4, 0.5) is 0 Å². The summed E-state index contributed by atoms with van der Waals surface area (Å²) in [6.45, 7) is 17.4. The van der Waals surface area contributed by atoms with Crippen LogP contribution in [0.3, 0.4) is 0 Å². The van der Waals surface area contributed by atoms with Gasteiger partial charge in [-0.05, 0) is 91.6 Å². The van der Waals surface area contributed by atoms with Gasteiger partial charge in [0.2, 0.25) is 0 Å². The third-order valence-corrected chi connectivity index (χ3v) is 9.74. The Morgan fingerprint density at radius 1 is 1.11 bits per heavy atom. The second kappa shape index (κ2) is 10.4. The highest BCUT2D eigenvalue weighted by Crippen LogP contribution is 2.60. The van der Waals surface area contributed by atoms with Gasteiger partial charge in [-0.2, -0.15) is 0 Å². The molecule has 2 N–H and O–H groups in total. The predicted molar refractivity (Wildman–Crippen MR) is 140 cm³/mol. The highest BCUT2D eigenvalue weighted by molar-refractivity contribution is 5.90. The smallest absolute Gasteiger partial charge is 0.334 e. The van der Waals surface area contributed by atoms with Crippen molar-refractivity contribution in [3.05, 3.63) is 47.6 Å². The van der Waals surface area contributed by atoms with E-state index in [2.05, 4.69) is 53.0 Å². The van der Waals surface area contributed by atoms with E-state index in [4.69, 9.17) is 4.74 Å². The van der Waals surface area contributed by atoms with Gasteiger partial charge in [-0.1, -0.05) is 58.6 Å². The molecule has 0 radical (unpaired) electrons. The summed E-state index contributed by atoms with van der Waals surface area (Å²) in [5.74, 6) is 2.14.